The Labute approximate surface area is 138 Å². The minimum absolute atomic E-state index is 0.0209. The second kappa shape index (κ2) is 7.82. The molecular weight excluding hydrogens is 286 g/mol. The molecule has 0 radical (unpaired) electrons. The third-order valence-electron chi connectivity index (χ3n) is 3.83. The van der Waals surface area contributed by atoms with Gasteiger partial charge in [-0.15, -0.1) is 0 Å². The summed E-state index contributed by atoms with van der Waals surface area (Å²) in [6, 6.07) is 17.9. The first-order valence-electron chi connectivity index (χ1n) is 8.03. The lowest BCUT2D eigenvalue weighted by molar-refractivity contribution is -0.137. The van der Waals surface area contributed by atoms with Crippen LogP contribution in [0.1, 0.15) is 37.8 Å². The molecule has 0 N–H and O–H groups in total. The fourth-order valence-corrected chi connectivity index (χ4v) is 2.55. The molecule has 0 spiro atoms. The van der Waals surface area contributed by atoms with Crippen molar-refractivity contribution in [3.8, 4) is 5.75 Å². The van der Waals surface area contributed by atoms with Crippen LogP contribution in [0.15, 0.2) is 54.6 Å². The molecular formula is C20H25NO2. The topological polar surface area (TPSA) is 29.5 Å². The molecule has 2 aromatic carbocycles. The molecule has 0 fully saturated rings. The van der Waals surface area contributed by atoms with Gasteiger partial charge in [0, 0.05) is 13.6 Å². The maximum absolute atomic E-state index is 12.5. The van der Waals surface area contributed by atoms with E-state index in [0.717, 1.165) is 16.9 Å². The number of para-hydroxylation sites is 1. The van der Waals surface area contributed by atoms with Gasteiger partial charge >= 0.3 is 0 Å². The molecule has 0 bridgehead atoms. The number of nitrogens with zero attached hydrogens (tertiary/aromatic N) is 1. The molecule has 1 amide bonds. The summed E-state index contributed by atoms with van der Waals surface area (Å²) < 4.78 is 5.94. The first kappa shape index (κ1) is 17.1. The van der Waals surface area contributed by atoms with Crippen LogP contribution in [0.2, 0.25) is 0 Å². The van der Waals surface area contributed by atoms with Crippen LogP contribution < -0.4 is 4.74 Å². The number of ether oxygens (including phenoxy) is 1. The minimum Gasteiger partial charge on any atom is -0.481 e. The van der Waals surface area contributed by atoms with Crippen LogP contribution in [0, 0.1) is 0 Å². The van der Waals surface area contributed by atoms with E-state index in [2.05, 4.69) is 13.8 Å². The van der Waals surface area contributed by atoms with E-state index in [0.29, 0.717) is 12.5 Å². The van der Waals surface area contributed by atoms with Crippen molar-refractivity contribution < 1.29 is 9.53 Å². The van der Waals surface area contributed by atoms with Gasteiger partial charge in [0.05, 0.1) is 0 Å². The van der Waals surface area contributed by atoms with Crippen LogP contribution in [-0.4, -0.2) is 24.0 Å². The first-order valence-corrected chi connectivity index (χ1v) is 8.03. The van der Waals surface area contributed by atoms with Crippen molar-refractivity contribution in [1.29, 1.82) is 0 Å². The summed E-state index contributed by atoms with van der Waals surface area (Å²) in [5, 5.41) is 0. The zero-order chi connectivity index (χ0) is 16.8. The molecule has 2 aromatic rings. The molecule has 0 aliphatic heterocycles. The third-order valence-corrected chi connectivity index (χ3v) is 3.83. The Morgan fingerprint density at radius 2 is 1.61 bits per heavy atom. The smallest absolute Gasteiger partial charge is 0.263 e. The van der Waals surface area contributed by atoms with E-state index >= 15 is 0 Å². The quantitative estimate of drug-likeness (QED) is 0.798. The maximum Gasteiger partial charge on any atom is 0.263 e. The summed E-state index contributed by atoms with van der Waals surface area (Å²) in [5.74, 6) is 1.12. The molecule has 0 heterocycles. The normalized spacial score (nSPS) is 12.0. The molecule has 23 heavy (non-hydrogen) atoms. The van der Waals surface area contributed by atoms with Gasteiger partial charge in [-0.3, -0.25) is 4.79 Å². The van der Waals surface area contributed by atoms with Crippen LogP contribution in [0.25, 0.3) is 0 Å². The van der Waals surface area contributed by atoms with Gasteiger partial charge in [0.2, 0.25) is 0 Å². The number of likely N-dealkylation sites (N-methyl/N-ethyl adjacent to an activating group) is 1. The lowest BCUT2D eigenvalue weighted by Crippen LogP contribution is -2.37. The summed E-state index contributed by atoms with van der Waals surface area (Å²) >= 11 is 0. The van der Waals surface area contributed by atoms with Crippen LogP contribution in [0.4, 0.5) is 0 Å². The molecule has 0 aromatic heterocycles. The number of carbonyl (C=O) groups is 1. The van der Waals surface area contributed by atoms with E-state index in [1.165, 1.54) is 0 Å². The molecule has 3 heteroatoms. The number of hydrogen-bond donors (Lipinski definition) is 0. The largest absolute Gasteiger partial charge is 0.481 e. The molecule has 0 unspecified atom stereocenters. The van der Waals surface area contributed by atoms with Gasteiger partial charge in [0.15, 0.2) is 6.10 Å². The van der Waals surface area contributed by atoms with Crippen LogP contribution >= 0.6 is 0 Å². The van der Waals surface area contributed by atoms with E-state index in [1.807, 2.05) is 61.6 Å². The van der Waals surface area contributed by atoms with Gasteiger partial charge < -0.3 is 9.64 Å². The molecule has 2 rings (SSSR count). The van der Waals surface area contributed by atoms with Crippen molar-refractivity contribution in [2.24, 2.45) is 0 Å². The summed E-state index contributed by atoms with van der Waals surface area (Å²) in [5.41, 5.74) is 2.23. The fraction of sp³-hybridized carbons (Fsp3) is 0.350. The highest BCUT2D eigenvalue weighted by molar-refractivity contribution is 5.80. The van der Waals surface area contributed by atoms with Crippen molar-refractivity contribution in [2.75, 3.05) is 7.05 Å². The second-order valence-electron chi connectivity index (χ2n) is 6.13. The average molecular weight is 311 g/mol. The highest BCUT2D eigenvalue weighted by atomic mass is 16.5. The van der Waals surface area contributed by atoms with Crippen LogP contribution in [0.5, 0.6) is 5.75 Å². The van der Waals surface area contributed by atoms with E-state index in [-0.39, 0.29) is 5.91 Å². The van der Waals surface area contributed by atoms with Crippen molar-refractivity contribution in [3.05, 3.63) is 65.7 Å². The Hall–Kier alpha value is -2.29. The second-order valence-corrected chi connectivity index (χ2v) is 6.13. The number of benzene rings is 2. The SMILES string of the molecule is CC(C)c1ccccc1O[C@H](C)C(=O)N(C)Cc1ccccc1. The van der Waals surface area contributed by atoms with E-state index in [9.17, 15) is 4.79 Å². The number of hydrogen-bond acceptors (Lipinski definition) is 2. The standard InChI is InChI=1S/C20H25NO2/c1-15(2)18-12-8-9-13-19(18)23-16(3)20(22)21(4)14-17-10-6-5-7-11-17/h5-13,15-16H,14H2,1-4H3/t16-/m1/s1. The molecule has 0 saturated carbocycles. The van der Waals surface area contributed by atoms with Crippen molar-refractivity contribution in [3.63, 3.8) is 0 Å². The minimum atomic E-state index is -0.511. The Bertz CT molecular complexity index is 637. The van der Waals surface area contributed by atoms with Gasteiger partial charge in [0.25, 0.3) is 5.91 Å². The Morgan fingerprint density at radius 3 is 2.26 bits per heavy atom. The number of carbonyl (C=O) groups excluding carboxylic acids is 1. The number of amides is 1. The van der Waals surface area contributed by atoms with Gasteiger partial charge in [-0.1, -0.05) is 62.4 Å². The zero-order valence-electron chi connectivity index (χ0n) is 14.3. The lowest BCUT2D eigenvalue weighted by atomic mass is 10.0. The fourth-order valence-electron chi connectivity index (χ4n) is 2.55. The van der Waals surface area contributed by atoms with E-state index in [1.54, 1.807) is 11.8 Å². The molecule has 0 saturated heterocycles. The zero-order valence-corrected chi connectivity index (χ0v) is 14.3. The van der Waals surface area contributed by atoms with Gasteiger partial charge in [-0.25, -0.2) is 0 Å². The number of rotatable bonds is 6. The maximum atomic E-state index is 12.5. The van der Waals surface area contributed by atoms with E-state index < -0.39 is 6.10 Å². The van der Waals surface area contributed by atoms with Gasteiger partial charge in [-0.05, 0) is 30.0 Å². The average Bonchev–Trinajstić information content (AvgIpc) is 2.55. The van der Waals surface area contributed by atoms with Crippen molar-refractivity contribution in [1.82, 2.24) is 4.90 Å². The van der Waals surface area contributed by atoms with Gasteiger partial charge in [-0.2, -0.15) is 0 Å². The highest BCUT2D eigenvalue weighted by Crippen LogP contribution is 2.27. The lowest BCUT2D eigenvalue weighted by Gasteiger charge is -2.23. The summed E-state index contributed by atoms with van der Waals surface area (Å²) in [4.78, 5) is 14.2. The predicted octanol–water partition coefficient (Wildman–Crippen LogP) is 4.24. The summed E-state index contributed by atoms with van der Waals surface area (Å²) in [6.07, 6.45) is -0.511. The molecule has 122 valence electrons. The van der Waals surface area contributed by atoms with E-state index in [4.69, 9.17) is 4.74 Å². The Balaban J connectivity index is 2.02. The molecule has 0 aliphatic carbocycles. The third kappa shape index (κ3) is 4.59. The predicted molar refractivity (Wildman–Crippen MR) is 93.5 cm³/mol. The van der Waals surface area contributed by atoms with Crippen molar-refractivity contribution in [2.45, 2.75) is 39.3 Å². The summed E-state index contributed by atoms with van der Waals surface area (Å²) in [6.45, 7) is 6.63. The van der Waals surface area contributed by atoms with Crippen LogP contribution in [-0.2, 0) is 11.3 Å². The highest BCUT2D eigenvalue weighted by Gasteiger charge is 2.20. The molecule has 3 nitrogen and oxygen atoms in total. The van der Waals surface area contributed by atoms with Crippen LogP contribution in [0.3, 0.4) is 0 Å². The molecule has 0 aliphatic rings. The summed E-state index contributed by atoms with van der Waals surface area (Å²) in [7, 11) is 1.81. The Kier molecular flexibility index (Phi) is 5.80. The van der Waals surface area contributed by atoms with Gasteiger partial charge in [0.1, 0.15) is 5.75 Å². The van der Waals surface area contributed by atoms with Crippen molar-refractivity contribution >= 4 is 5.91 Å². The monoisotopic (exact) mass is 311 g/mol. The first-order chi connectivity index (χ1) is 11.0. The Morgan fingerprint density at radius 1 is 1.00 bits per heavy atom. The molecule has 1 atom stereocenters.